The highest BCUT2D eigenvalue weighted by Gasteiger charge is 2.18. The Hall–Kier alpha value is -0.560. The largest absolute Gasteiger partial charge is 0.296 e. The summed E-state index contributed by atoms with van der Waals surface area (Å²) in [5, 5.41) is 10.4. The molecule has 0 N–H and O–H groups in total. The molecule has 74 valence electrons. The van der Waals surface area contributed by atoms with Crippen LogP contribution in [-0.2, 0) is 13.0 Å². The normalized spacial score (nSPS) is 18.6. The van der Waals surface area contributed by atoms with Gasteiger partial charge >= 0.3 is 0 Å². The van der Waals surface area contributed by atoms with E-state index in [2.05, 4.69) is 22.4 Å². The molecule has 2 heterocycles. The standard InChI is InChI=1S/C10H11ClN2S/c11-9(5-12)7-13-3-1-10-8(6-13)2-4-14-10/h2,4,9H,1,3,6-7H2. The monoisotopic (exact) mass is 226 g/mol. The summed E-state index contributed by atoms with van der Waals surface area (Å²) in [6.45, 7) is 2.65. The molecule has 1 aliphatic heterocycles. The fourth-order valence-corrected chi connectivity index (χ4v) is 2.82. The fourth-order valence-electron chi connectivity index (χ4n) is 1.73. The summed E-state index contributed by atoms with van der Waals surface area (Å²) in [5.41, 5.74) is 1.41. The molecule has 1 aromatic rings. The van der Waals surface area contributed by atoms with Crippen molar-refractivity contribution in [3.8, 4) is 6.07 Å². The van der Waals surface area contributed by atoms with Crippen molar-refractivity contribution in [2.75, 3.05) is 13.1 Å². The van der Waals surface area contributed by atoms with Gasteiger partial charge in [0.15, 0.2) is 0 Å². The molecule has 1 unspecified atom stereocenters. The van der Waals surface area contributed by atoms with Gasteiger partial charge in [-0.1, -0.05) is 0 Å². The quantitative estimate of drug-likeness (QED) is 0.724. The topological polar surface area (TPSA) is 27.0 Å². The molecule has 1 aliphatic rings. The molecule has 4 heteroatoms. The second-order valence-electron chi connectivity index (χ2n) is 3.45. The molecule has 0 aliphatic carbocycles. The zero-order chi connectivity index (χ0) is 9.97. The molecule has 2 nitrogen and oxygen atoms in total. The first kappa shape index (κ1) is 9.97. The Balaban J connectivity index is 1.98. The third-order valence-electron chi connectivity index (χ3n) is 2.45. The van der Waals surface area contributed by atoms with Crippen molar-refractivity contribution >= 4 is 22.9 Å². The van der Waals surface area contributed by atoms with Gasteiger partial charge in [-0.2, -0.15) is 5.26 Å². The molecule has 14 heavy (non-hydrogen) atoms. The predicted molar refractivity (Wildman–Crippen MR) is 58.6 cm³/mol. The van der Waals surface area contributed by atoms with Crippen molar-refractivity contribution in [3.63, 3.8) is 0 Å². The van der Waals surface area contributed by atoms with E-state index in [0.717, 1.165) is 19.5 Å². The predicted octanol–water partition coefficient (Wildman–Crippen LogP) is 2.24. The molecule has 0 saturated carbocycles. The number of nitrogens with zero attached hydrogens (tertiary/aromatic N) is 2. The summed E-state index contributed by atoms with van der Waals surface area (Å²) in [4.78, 5) is 3.74. The van der Waals surface area contributed by atoms with Gasteiger partial charge in [0.25, 0.3) is 0 Å². The highest BCUT2D eigenvalue weighted by atomic mass is 35.5. The number of nitriles is 1. The van der Waals surface area contributed by atoms with Gasteiger partial charge in [0.05, 0.1) is 6.07 Å². The molecular weight excluding hydrogens is 216 g/mol. The first-order valence-electron chi connectivity index (χ1n) is 4.61. The van der Waals surface area contributed by atoms with E-state index in [9.17, 15) is 0 Å². The lowest BCUT2D eigenvalue weighted by Gasteiger charge is -2.26. The summed E-state index contributed by atoms with van der Waals surface area (Å²) in [6, 6.07) is 4.22. The van der Waals surface area contributed by atoms with E-state index in [1.54, 1.807) is 0 Å². The second-order valence-corrected chi connectivity index (χ2v) is 4.98. The molecule has 0 bridgehead atoms. The van der Waals surface area contributed by atoms with Gasteiger partial charge in [0.1, 0.15) is 5.38 Å². The summed E-state index contributed by atoms with van der Waals surface area (Å²) in [7, 11) is 0. The van der Waals surface area contributed by atoms with Crippen LogP contribution >= 0.6 is 22.9 Å². The molecule has 0 fully saturated rings. The van der Waals surface area contributed by atoms with E-state index in [0.29, 0.717) is 6.54 Å². The molecule has 0 aromatic carbocycles. The number of fused-ring (bicyclic) bond motifs is 1. The van der Waals surface area contributed by atoms with Crippen LogP contribution in [0.2, 0.25) is 0 Å². The third kappa shape index (κ3) is 2.09. The zero-order valence-electron chi connectivity index (χ0n) is 7.74. The Bertz CT molecular complexity index is 355. The maximum Gasteiger partial charge on any atom is 0.133 e. The van der Waals surface area contributed by atoms with Crippen LogP contribution in [0.25, 0.3) is 0 Å². The van der Waals surface area contributed by atoms with Gasteiger partial charge in [-0.25, -0.2) is 0 Å². The fraction of sp³-hybridized carbons (Fsp3) is 0.500. The number of hydrogen-bond donors (Lipinski definition) is 0. The van der Waals surface area contributed by atoms with Crippen molar-refractivity contribution in [1.29, 1.82) is 5.26 Å². The van der Waals surface area contributed by atoms with E-state index in [1.165, 1.54) is 10.4 Å². The molecule has 0 radical (unpaired) electrons. The summed E-state index contributed by atoms with van der Waals surface area (Å²) < 4.78 is 0. The lowest BCUT2D eigenvalue weighted by atomic mass is 10.1. The summed E-state index contributed by atoms with van der Waals surface area (Å²) >= 11 is 7.63. The molecule has 1 atom stereocenters. The van der Waals surface area contributed by atoms with Crippen LogP contribution in [0.15, 0.2) is 11.4 Å². The lowest BCUT2D eigenvalue weighted by molar-refractivity contribution is 0.263. The average Bonchev–Trinajstić information content (AvgIpc) is 2.64. The van der Waals surface area contributed by atoms with Gasteiger partial charge in [0, 0.05) is 24.5 Å². The van der Waals surface area contributed by atoms with Crippen molar-refractivity contribution in [1.82, 2.24) is 4.90 Å². The van der Waals surface area contributed by atoms with Gasteiger partial charge < -0.3 is 0 Å². The minimum Gasteiger partial charge on any atom is -0.296 e. The van der Waals surface area contributed by atoms with E-state index in [4.69, 9.17) is 16.9 Å². The van der Waals surface area contributed by atoms with Crippen LogP contribution in [0.1, 0.15) is 10.4 Å². The Labute approximate surface area is 92.7 Å². The highest BCUT2D eigenvalue weighted by molar-refractivity contribution is 7.10. The molecular formula is C10H11ClN2S. The molecule has 2 rings (SSSR count). The van der Waals surface area contributed by atoms with Crippen LogP contribution in [0, 0.1) is 11.3 Å². The maximum atomic E-state index is 8.61. The summed E-state index contributed by atoms with van der Waals surface area (Å²) in [5.74, 6) is 0. The molecule has 0 amide bonds. The van der Waals surface area contributed by atoms with Gasteiger partial charge in [-0.05, 0) is 23.4 Å². The second kappa shape index (κ2) is 4.31. The van der Waals surface area contributed by atoms with E-state index >= 15 is 0 Å². The van der Waals surface area contributed by atoms with Gasteiger partial charge in [0.2, 0.25) is 0 Å². The molecule has 1 aromatic heterocycles. The molecule has 0 saturated heterocycles. The number of hydrogen-bond acceptors (Lipinski definition) is 3. The van der Waals surface area contributed by atoms with E-state index < -0.39 is 0 Å². The Kier molecular flexibility index (Phi) is 3.07. The average molecular weight is 227 g/mol. The smallest absolute Gasteiger partial charge is 0.133 e. The van der Waals surface area contributed by atoms with Crippen LogP contribution in [0.4, 0.5) is 0 Å². The van der Waals surface area contributed by atoms with E-state index in [-0.39, 0.29) is 5.38 Å². The number of halogens is 1. The number of rotatable bonds is 2. The van der Waals surface area contributed by atoms with Crippen molar-refractivity contribution in [2.45, 2.75) is 18.3 Å². The minimum absolute atomic E-state index is 0.379. The van der Waals surface area contributed by atoms with Gasteiger partial charge in [-0.15, -0.1) is 22.9 Å². The lowest BCUT2D eigenvalue weighted by Crippen LogP contribution is -2.33. The first-order valence-corrected chi connectivity index (χ1v) is 5.92. The summed E-state index contributed by atoms with van der Waals surface area (Å²) in [6.07, 6.45) is 1.10. The zero-order valence-corrected chi connectivity index (χ0v) is 9.31. The van der Waals surface area contributed by atoms with Crippen molar-refractivity contribution in [3.05, 3.63) is 21.9 Å². The third-order valence-corrected chi connectivity index (χ3v) is 3.70. The highest BCUT2D eigenvalue weighted by Crippen LogP contribution is 2.24. The maximum absolute atomic E-state index is 8.61. The Morgan fingerprint density at radius 3 is 3.36 bits per heavy atom. The Morgan fingerprint density at radius 2 is 2.57 bits per heavy atom. The van der Waals surface area contributed by atoms with Gasteiger partial charge in [-0.3, -0.25) is 4.90 Å². The first-order chi connectivity index (χ1) is 6.79. The SMILES string of the molecule is N#CC(Cl)CN1CCc2sccc2C1. The molecule has 0 spiro atoms. The van der Waals surface area contributed by atoms with Crippen LogP contribution in [0.3, 0.4) is 0 Å². The number of alkyl halides is 1. The van der Waals surface area contributed by atoms with Crippen molar-refractivity contribution in [2.24, 2.45) is 0 Å². The van der Waals surface area contributed by atoms with Crippen LogP contribution in [-0.4, -0.2) is 23.4 Å². The van der Waals surface area contributed by atoms with Crippen molar-refractivity contribution < 1.29 is 0 Å². The minimum atomic E-state index is -0.379. The van der Waals surface area contributed by atoms with E-state index in [1.807, 2.05) is 11.3 Å². The number of thiophene rings is 1. The van der Waals surface area contributed by atoms with Crippen LogP contribution in [0.5, 0.6) is 0 Å². The Morgan fingerprint density at radius 1 is 1.71 bits per heavy atom. The van der Waals surface area contributed by atoms with Crippen LogP contribution < -0.4 is 0 Å².